The number of likely N-dealkylation sites (N-methyl/N-ethyl adjacent to an activating group) is 1. The predicted octanol–water partition coefficient (Wildman–Crippen LogP) is 1.60. The van der Waals surface area contributed by atoms with Gasteiger partial charge in [-0.2, -0.15) is 4.31 Å². The van der Waals surface area contributed by atoms with Gasteiger partial charge in [0.05, 0.1) is 20.3 Å². The Labute approximate surface area is 187 Å². The Balaban J connectivity index is 1.93. The quantitative estimate of drug-likeness (QED) is 0.511. The Morgan fingerprint density at radius 1 is 1.16 bits per heavy atom. The molecule has 2 amide bonds. The lowest BCUT2D eigenvalue weighted by molar-refractivity contribution is -0.121. The zero-order chi connectivity index (χ0) is 23.7. The third-order valence-corrected chi connectivity index (χ3v) is 6.19. The number of hydrogen-bond acceptors (Lipinski definition) is 7. The van der Waals surface area contributed by atoms with Gasteiger partial charge in [0.1, 0.15) is 4.90 Å². The van der Waals surface area contributed by atoms with Crippen LogP contribution in [-0.2, 0) is 14.8 Å². The van der Waals surface area contributed by atoms with E-state index in [0.717, 1.165) is 10.7 Å². The first-order chi connectivity index (χ1) is 15.1. The molecule has 2 aromatic rings. The fourth-order valence-corrected chi connectivity index (χ4v) is 3.63. The van der Waals surface area contributed by atoms with Gasteiger partial charge in [-0.1, -0.05) is 13.8 Å². The average Bonchev–Trinajstić information content (AvgIpc) is 2.77. The van der Waals surface area contributed by atoms with Crippen LogP contribution in [0.25, 0.3) is 0 Å². The minimum atomic E-state index is -3.88. The van der Waals surface area contributed by atoms with Gasteiger partial charge in [-0.25, -0.2) is 8.42 Å². The highest BCUT2D eigenvalue weighted by atomic mass is 32.2. The van der Waals surface area contributed by atoms with Crippen LogP contribution in [0, 0.1) is 5.92 Å². The third kappa shape index (κ3) is 6.92. The highest BCUT2D eigenvalue weighted by molar-refractivity contribution is 7.89. The molecule has 1 aromatic carbocycles. The topological polar surface area (TPSA) is 127 Å². The predicted molar refractivity (Wildman–Crippen MR) is 118 cm³/mol. The minimum Gasteiger partial charge on any atom is -0.493 e. The van der Waals surface area contributed by atoms with E-state index in [1.165, 1.54) is 50.8 Å². The number of nitrogens with one attached hydrogen (secondary N) is 2. The SMILES string of the molecule is COc1cc(C(=O)NNC(=O)CN(C)S(=O)(=O)c2cccnc2)ccc1OCCC(C)C. The van der Waals surface area contributed by atoms with Crippen LogP contribution in [0.3, 0.4) is 0 Å². The zero-order valence-corrected chi connectivity index (χ0v) is 19.3. The molecule has 1 aromatic heterocycles. The van der Waals surface area contributed by atoms with Crippen LogP contribution < -0.4 is 20.3 Å². The standard InChI is InChI=1S/C21H28N4O6S/c1-15(2)9-11-31-18-8-7-16(12-19(18)30-4)21(27)24-23-20(26)14-25(3)32(28,29)17-6-5-10-22-13-17/h5-8,10,12-13,15H,9,11,14H2,1-4H3,(H,23,26)(H,24,27). The number of nitrogens with zero attached hydrogens (tertiary/aromatic N) is 2. The number of hydrogen-bond donors (Lipinski definition) is 2. The van der Waals surface area contributed by atoms with Crippen LogP contribution in [0.5, 0.6) is 11.5 Å². The lowest BCUT2D eigenvalue weighted by Crippen LogP contribution is -2.46. The molecule has 32 heavy (non-hydrogen) atoms. The van der Waals surface area contributed by atoms with Crippen molar-refractivity contribution in [1.82, 2.24) is 20.1 Å². The summed E-state index contributed by atoms with van der Waals surface area (Å²) in [6.07, 6.45) is 3.51. The van der Waals surface area contributed by atoms with Crippen LogP contribution in [0.15, 0.2) is 47.6 Å². The molecular weight excluding hydrogens is 436 g/mol. The largest absolute Gasteiger partial charge is 0.493 e. The van der Waals surface area contributed by atoms with E-state index in [-0.39, 0.29) is 10.5 Å². The van der Waals surface area contributed by atoms with Gasteiger partial charge in [0.25, 0.3) is 11.8 Å². The van der Waals surface area contributed by atoms with Crippen molar-refractivity contribution >= 4 is 21.8 Å². The summed E-state index contributed by atoms with van der Waals surface area (Å²) in [7, 11) is -1.16. The van der Waals surface area contributed by atoms with Crippen molar-refractivity contribution in [3.05, 3.63) is 48.3 Å². The third-order valence-electron chi connectivity index (χ3n) is 4.40. The number of aromatic nitrogens is 1. The summed E-state index contributed by atoms with van der Waals surface area (Å²) in [6.45, 7) is 4.21. The molecule has 0 atom stereocenters. The monoisotopic (exact) mass is 464 g/mol. The van der Waals surface area contributed by atoms with Gasteiger partial charge in [-0.3, -0.25) is 25.4 Å². The molecule has 0 unspecified atom stereocenters. The Bertz CT molecular complexity index is 1030. The van der Waals surface area contributed by atoms with Crippen LogP contribution in [0.2, 0.25) is 0 Å². The smallest absolute Gasteiger partial charge is 0.269 e. The van der Waals surface area contributed by atoms with Gasteiger partial charge < -0.3 is 9.47 Å². The van der Waals surface area contributed by atoms with Crippen molar-refractivity contribution in [1.29, 1.82) is 0 Å². The molecule has 0 radical (unpaired) electrons. The van der Waals surface area contributed by atoms with Crippen molar-refractivity contribution in [2.45, 2.75) is 25.2 Å². The molecular formula is C21H28N4O6S. The van der Waals surface area contributed by atoms with Crippen molar-refractivity contribution in [2.24, 2.45) is 5.92 Å². The second kappa shape index (κ2) is 11.4. The fourth-order valence-electron chi connectivity index (χ4n) is 2.54. The van der Waals surface area contributed by atoms with Crippen molar-refractivity contribution in [3.63, 3.8) is 0 Å². The first kappa shape index (κ1) is 25.1. The van der Waals surface area contributed by atoms with E-state index in [4.69, 9.17) is 9.47 Å². The highest BCUT2D eigenvalue weighted by Crippen LogP contribution is 2.28. The maximum absolute atomic E-state index is 12.4. The van der Waals surface area contributed by atoms with E-state index >= 15 is 0 Å². The minimum absolute atomic E-state index is 0.0397. The molecule has 0 aliphatic rings. The first-order valence-electron chi connectivity index (χ1n) is 9.91. The van der Waals surface area contributed by atoms with Crippen molar-refractivity contribution in [3.8, 4) is 11.5 Å². The molecule has 2 N–H and O–H groups in total. The second-order valence-electron chi connectivity index (χ2n) is 7.35. The summed E-state index contributed by atoms with van der Waals surface area (Å²) in [5.74, 6) is 0.0797. The van der Waals surface area contributed by atoms with E-state index in [2.05, 4.69) is 29.7 Å². The number of carbonyl (C=O) groups excluding carboxylic acids is 2. The molecule has 1 heterocycles. The molecule has 0 saturated heterocycles. The fraction of sp³-hybridized carbons (Fsp3) is 0.381. The van der Waals surface area contributed by atoms with E-state index in [9.17, 15) is 18.0 Å². The number of rotatable bonds is 10. The summed E-state index contributed by atoms with van der Waals surface area (Å²) in [6, 6.07) is 7.50. The Morgan fingerprint density at radius 3 is 2.53 bits per heavy atom. The zero-order valence-electron chi connectivity index (χ0n) is 18.5. The molecule has 0 bridgehead atoms. The number of pyridine rings is 1. The summed E-state index contributed by atoms with van der Waals surface area (Å²) < 4.78 is 36.7. The maximum atomic E-state index is 12.4. The average molecular weight is 465 g/mol. The van der Waals surface area contributed by atoms with E-state index in [1.807, 2.05) is 0 Å². The lowest BCUT2D eigenvalue weighted by atomic mass is 10.1. The lowest BCUT2D eigenvalue weighted by Gasteiger charge is -2.17. The molecule has 10 nitrogen and oxygen atoms in total. The molecule has 2 rings (SSSR count). The normalized spacial score (nSPS) is 11.3. The van der Waals surface area contributed by atoms with Crippen molar-refractivity contribution in [2.75, 3.05) is 27.3 Å². The van der Waals surface area contributed by atoms with E-state index < -0.39 is 28.4 Å². The second-order valence-corrected chi connectivity index (χ2v) is 9.39. The van der Waals surface area contributed by atoms with Gasteiger partial charge >= 0.3 is 0 Å². The first-order valence-corrected chi connectivity index (χ1v) is 11.4. The van der Waals surface area contributed by atoms with Crippen LogP contribution in [0.4, 0.5) is 0 Å². The molecule has 174 valence electrons. The molecule has 0 aliphatic heterocycles. The Kier molecular flexibility index (Phi) is 8.97. The number of amides is 2. The van der Waals surface area contributed by atoms with Crippen LogP contribution >= 0.6 is 0 Å². The van der Waals surface area contributed by atoms with E-state index in [0.29, 0.717) is 24.0 Å². The maximum Gasteiger partial charge on any atom is 0.269 e. The molecule has 0 spiro atoms. The summed E-state index contributed by atoms with van der Waals surface area (Å²) >= 11 is 0. The number of ether oxygens (including phenoxy) is 2. The Morgan fingerprint density at radius 2 is 1.91 bits per heavy atom. The molecule has 0 saturated carbocycles. The summed E-state index contributed by atoms with van der Waals surface area (Å²) in [5, 5.41) is 0. The van der Waals surface area contributed by atoms with Gasteiger partial charge in [0, 0.05) is 25.0 Å². The van der Waals surface area contributed by atoms with E-state index in [1.54, 1.807) is 6.07 Å². The molecule has 0 fully saturated rings. The molecule has 0 aliphatic carbocycles. The number of sulfonamides is 1. The number of methoxy groups -OCH3 is 1. The van der Waals surface area contributed by atoms with Gasteiger partial charge in [0.15, 0.2) is 11.5 Å². The number of carbonyl (C=O) groups is 2. The molecule has 11 heteroatoms. The summed E-state index contributed by atoms with van der Waals surface area (Å²) in [5.41, 5.74) is 4.69. The highest BCUT2D eigenvalue weighted by Gasteiger charge is 2.23. The Hall–Kier alpha value is -3.18. The van der Waals surface area contributed by atoms with Gasteiger partial charge in [-0.05, 0) is 42.7 Å². The number of hydrazine groups is 1. The summed E-state index contributed by atoms with van der Waals surface area (Å²) in [4.78, 5) is 28.2. The van der Waals surface area contributed by atoms with Gasteiger partial charge in [-0.15, -0.1) is 0 Å². The van der Waals surface area contributed by atoms with Gasteiger partial charge in [0.2, 0.25) is 10.0 Å². The van der Waals surface area contributed by atoms with Crippen LogP contribution in [-0.4, -0.2) is 56.8 Å². The number of benzene rings is 1. The van der Waals surface area contributed by atoms with Crippen LogP contribution in [0.1, 0.15) is 30.6 Å². The van der Waals surface area contributed by atoms with Crippen molar-refractivity contribution < 1.29 is 27.5 Å².